The summed E-state index contributed by atoms with van der Waals surface area (Å²) in [4.78, 5) is 12.0. The summed E-state index contributed by atoms with van der Waals surface area (Å²) >= 11 is 0. The Morgan fingerprint density at radius 3 is 2.41 bits per heavy atom. The van der Waals surface area contributed by atoms with Crippen molar-refractivity contribution in [1.82, 2.24) is 0 Å². The van der Waals surface area contributed by atoms with E-state index in [1.807, 2.05) is 44.2 Å². The van der Waals surface area contributed by atoms with Gasteiger partial charge in [0.1, 0.15) is 5.75 Å². The first kappa shape index (κ1) is 16.1. The van der Waals surface area contributed by atoms with Crippen LogP contribution in [0.3, 0.4) is 0 Å². The van der Waals surface area contributed by atoms with Gasteiger partial charge in [0.05, 0.1) is 0 Å². The number of anilines is 1. The van der Waals surface area contributed by atoms with E-state index >= 15 is 0 Å². The fraction of sp³-hybridized carbons (Fsp3) is 0.316. The highest BCUT2D eigenvalue weighted by Gasteiger charge is 2.06. The van der Waals surface area contributed by atoms with Crippen LogP contribution < -0.4 is 10.1 Å². The van der Waals surface area contributed by atoms with Gasteiger partial charge < -0.3 is 10.1 Å². The summed E-state index contributed by atoms with van der Waals surface area (Å²) < 4.78 is 5.58. The van der Waals surface area contributed by atoms with Gasteiger partial charge in [-0.05, 0) is 60.7 Å². The number of hydrogen-bond donors (Lipinski definition) is 1. The van der Waals surface area contributed by atoms with E-state index in [0.717, 1.165) is 22.6 Å². The zero-order valence-electron chi connectivity index (χ0n) is 13.6. The third-order valence-corrected chi connectivity index (χ3v) is 3.40. The Balaban J connectivity index is 1.94. The van der Waals surface area contributed by atoms with Crippen LogP contribution in [0.15, 0.2) is 42.5 Å². The second-order valence-electron chi connectivity index (χ2n) is 5.94. The van der Waals surface area contributed by atoms with Gasteiger partial charge in [0.2, 0.25) is 0 Å². The average molecular weight is 297 g/mol. The van der Waals surface area contributed by atoms with Gasteiger partial charge in [-0.25, -0.2) is 0 Å². The summed E-state index contributed by atoms with van der Waals surface area (Å²) in [7, 11) is 0. The number of aryl methyl sites for hydroxylation is 2. The van der Waals surface area contributed by atoms with Crippen LogP contribution >= 0.6 is 0 Å². The first-order valence-electron chi connectivity index (χ1n) is 7.55. The summed E-state index contributed by atoms with van der Waals surface area (Å²) in [6, 6.07) is 13.8. The monoisotopic (exact) mass is 297 g/mol. The Kier molecular flexibility index (Phi) is 5.21. The van der Waals surface area contributed by atoms with Crippen molar-refractivity contribution in [2.24, 2.45) is 0 Å². The van der Waals surface area contributed by atoms with Crippen molar-refractivity contribution < 1.29 is 9.53 Å². The molecule has 22 heavy (non-hydrogen) atoms. The van der Waals surface area contributed by atoms with Gasteiger partial charge in [0, 0.05) is 5.69 Å². The highest BCUT2D eigenvalue weighted by atomic mass is 16.5. The van der Waals surface area contributed by atoms with Crippen molar-refractivity contribution in [3.05, 3.63) is 59.2 Å². The molecule has 2 aromatic carbocycles. The maximum Gasteiger partial charge on any atom is 0.262 e. The fourth-order valence-corrected chi connectivity index (χ4v) is 2.36. The molecule has 0 aliphatic rings. The molecule has 2 rings (SSSR count). The smallest absolute Gasteiger partial charge is 0.262 e. The van der Waals surface area contributed by atoms with Crippen molar-refractivity contribution in [2.45, 2.75) is 33.6 Å². The third-order valence-electron chi connectivity index (χ3n) is 3.40. The Labute approximate surface area is 132 Å². The summed E-state index contributed by atoms with van der Waals surface area (Å²) in [5.41, 5.74) is 4.26. The number of benzene rings is 2. The maximum atomic E-state index is 12.0. The Morgan fingerprint density at radius 1 is 1.09 bits per heavy atom. The zero-order chi connectivity index (χ0) is 16.1. The topological polar surface area (TPSA) is 38.3 Å². The minimum absolute atomic E-state index is 0.00847. The second kappa shape index (κ2) is 7.12. The highest BCUT2D eigenvalue weighted by Crippen LogP contribution is 2.20. The average Bonchev–Trinajstić information content (AvgIpc) is 2.44. The molecule has 0 unspecified atom stereocenters. The van der Waals surface area contributed by atoms with Gasteiger partial charge in [-0.3, -0.25) is 4.79 Å². The van der Waals surface area contributed by atoms with Crippen molar-refractivity contribution in [3.63, 3.8) is 0 Å². The van der Waals surface area contributed by atoms with Gasteiger partial charge in [0.25, 0.3) is 5.91 Å². The lowest BCUT2D eigenvalue weighted by atomic mass is 10.0. The van der Waals surface area contributed by atoms with Crippen molar-refractivity contribution in [2.75, 3.05) is 11.9 Å². The molecule has 116 valence electrons. The fourth-order valence-electron chi connectivity index (χ4n) is 2.36. The maximum absolute atomic E-state index is 12.0. The van der Waals surface area contributed by atoms with Gasteiger partial charge in [-0.1, -0.05) is 32.0 Å². The lowest BCUT2D eigenvalue weighted by molar-refractivity contribution is -0.118. The molecule has 0 aliphatic carbocycles. The van der Waals surface area contributed by atoms with Gasteiger partial charge >= 0.3 is 0 Å². The largest absolute Gasteiger partial charge is 0.484 e. The second-order valence-corrected chi connectivity index (χ2v) is 5.94. The minimum atomic E-state index is -0.153. The molecule has 0 aliphatic heterocycles. The van der Waals surface area contributed by atoms with Crippen LogP contribution in [0, 0.1) is 13.8 Å². The number of rotatable bonds is 5. The molecular weight excluding hydrogens is 274 g/mol. The lowest BCUT2D eigenvalue weighted by Gasteiger charge is -2.11. The predicted octanol–water partition coefficient (Wildman–Crippen LogP) is 4.44. The first-order valence-corrected chi connectivity index (χ1v) is 7.55. The van der Waals surface area contributed by atoms with E-state index in [4.69, 9.17) is 4.74 Å². The summed E-state index contributed by atoms with van der Waals surface area (Å²) in [5, 5.41) is 2.87. The van der Waals surface area contributed by atoms with Crippen molar-refractivity contribution >= 4 is 11.6 Å². The van der Waals surface area contributed by atoms with Crippen LogP contribution in [-0.2, 0) is 4.79 Å². The molecule has 2 aromatic rings. The molecule has 0 fully saturated rings. The Bertz CT molecular complexity index is 642. The number of ether oxygens (including phenoxy) is 1. The molecule has 0 atom stereocenters. The quantitative estimate of drug-likeness (QED) is 0.885. The van der Waals surface area contributed by atoms with Crippen LogP contribution in [0.25, 0.3) is 0 Å². The van der Waals surface area contributed by atoms with E-state index < -0.39 is 0 Å². The van der Waals surface area contributed by atoms with Crippen molar-refractivity contribution in [1.29, 1.82) is 0 Å². The number of nitrogens with one attached hydrogen (secondary N) is 1. The molecule has 0 saturated carbocycles. The van der Waals surface area contributed by atoms with E-state index in [1.54, 1.807) is 0 Å². The molecule has 1 amide bonds. The summed E-state index contributed by atoms with van der Waals surface area (Å²) in [5.74, 6) is 1.01. The predicted molar refractivity (Wildman–Crippen MR) is 90.6 cm³/mol. The highest BCUT2D eigenvalue weighted by molar-refractivity contribution is 5.92. The Morgan fingerprint density at radius 2 is 1.77 bits per heavy atom. The number of amides is 1. The molecule has 0 saturated heterocycles. The van der Waals surface area contributed by atoms with E-state index in [0.29, 0.717) is 5.92 Å². The molecule has 0 heterocycles. The zero-order valence-corrected chi connectivity index (χ0v) is 13.6. The SMILES string of the molecule is Cc1cc(C)cc(NC(=O)COc2cccc(C(C)C)c2)c1. The molecule has 0 bridgehead atoms. The van der Waals surface area contributed by atoms with Crippen LogP contribution in [0.4, 0.5) is 5.69 Å². The standard InChI is InChI=1S/C19H23NO2/c1-13(2)16-6-5-7-18(11-16)22-12-19(21)20-17-9-14(3)8-15(4)10-17/h5-11,13H,12H2,1-4H3,(H,20,21). The van der Waals surface area contributed by atoms with E-state index in [9.17, 15) is 4.79 Å². The normalized spacial score (nSPS) is 10.6. The molecule has 3 nitrogen and oxygen atoms in total. The number of carbonyl (C=O) groups excluding carboxylic acids is 1. The number of carbonyl (C=O) groups is 1. The molecule has 1 N–H and O–H groups in total. The molecular formula is C19H23NO2. The van der Waals surface area contributed by atoms with Crippen LogP contribution in [0.5, 0.6) is 5.75 Å². The summed E-state index contributed by atoms with van der Waals surface area (Å²) in [6.45, 7) is 8.29. The van der Waals surface area contributed by atoms with Crippen LogP contribution in [-0.4, -0.2) is 12.5 Å². The summed E-state index contributed by atoms with van der Waals surface area (Å²) in [6.07, 6.45) is 0. The van der Waals surface area contributed by atoms with Crippen molar-refractivity contribution in [3.8, 4) is 5.75 Å². The van der Waals surface area contributed by atoms with E-state index in [2.05, 4.69) is 31.3 Å². The van der Waals surface area contributed by atoms with Crippen LogP contribution in [0.2, 0.25) is 0 Å². The lowest BCUT2D eigenvalue weighted by Crippen LogP contribution is -2.20. The molecule has 0 aromatic heterocycles. The van der Waals surface area contributed by atoms with Gasteiger partial charge in [-0.2, -0.15) is 0 Å². The third kappa shape index (κ3) is 4.62. The minimum Gasteiger partial charge on any atom is -0.484 e. The molecule has 0 radical (unpaired) electrons. The first-order chi connectivity index (χ1) is 10.4. The number of hydrogen-bond acceptors (Lipinski definition) is 2. The van der Waals surface area contributed by atoms with Gasteiger partial charge in [0.15, 0.2) is 6.61 Å². The molecule has 0 spiro atoms. The Hall–Kier alpha value is -2.29. The van der Waals surface area contributed by atoms with E-state index in [-0.39, 0.29) is 12.5 Å². The van der Waals surface area contributed by atoms with Crippen LogP contribution in [0.1, 0.15) is 36.5 Å². The molecule has 3 heteroatoms. The van der Waals surface area contributed by atoms with E-state index in [1.165, 1.54) is 5.56 Å². The van der Waals surface area contributed by atoms with Gasteiger partial charge in [-0.15, -0.1) is 0 Å².